The molecule has 1 unspecified atom stereocenters. The molecule has 6 nitrogen and oxygen atoms in total. The Balaban J connectivity index is 1.94. The predicted molar refractivity (Wildman–Crippen MR) is 71.1 cm³/mol. The number of nitrogens with one attached hydrogen (secondary N) is 1. The van der Waals surface area contributed by atoms with Crippen LogP contribution >= 0.6 is 0 Å². The van der Waals surface area contributed by atoms with E-state index in [9.17, 15) is 14.7 Å². The maximum Gasteiger partial charge on any atom is 0.309 e. The summed E-state index contributed by atoms with van der Waals surface area (Å²) in [5.41, 5.74) is -1.01. The fraction of sp³-hybridized carbons (Fsp3) is 0.857. The first-order valence-corrected chi connectivity index (χ1v) is 7.13. The molecule has 1 atom stereocenters. The van der Waals surface area contributed by atoms with Crippen LogP contribution in [0, 0.1) is 10.8 Å². The summed E-state index contributed by atoms with van der Waals surface area (Å²) in [7, 11) is 1.49. The van der Waals surface area contributed by atoms with E-state index in [0.717, 1.165) is 0 Å². The average Bonchev–Trinajstić information content (AvgIpc) is 2.49. The van der Waals surface area contributed by atoms with Crippen molar-refractivity contribution in [3.63, 3.8) is 0 Å². The maximum atomic E-state index is 12.4. The number of carbonyl (C=O) groups is 2. The van der Waals surface area contributed by atoms with Crippen LogP contribution in [-0.2, 0) is 14.3 Å². The Bertz CT molecular complexity index is 366. The van der Waals surface area contributed by atoms with Crippen molar-refractivity contribution in [3.8, 4) is 0 Å². The predicted octanol–water partition coefficient (Wildman–Crippen LogP) is 0.535. The molecule has 0 saturated heterocycles. The summed E-state index contributed by atoms with van der Waals surface area (Å²) >= 11 is 0. The number of methoxy groups -OCH3 is 1. The molecule has 3 rings (SSSR count). The van der Waals surface area contributed by atoms with Gasteiger partial charge in [0.1, 0.15) is 0 Å². The molecule has 0 spiro atoms. The molecule has 0 heterocycles. The van der Waals surface area contributed by atoms with Gasteiger partial charge in [0, 0.05) is 19.1 Å². The summed E-state index contributed by atoms with van der Waals surface area (Å²) in [6.45, 7) is 0.156. The normalized spacial score (nSPS) is 33.7. The number of hydrogen-bond donors (Lipinski definition) is 3. The lowest BCUT2D eigenvalue weighted by Crippen LogP contribution is -2.53. The molecular formula is C14H23NO5. The van der Waals surface area contributed by atoms with Gasteiger partial charge in [0.25, 0.3) is 0 Å². The minimum absolute atomic E-state index is 0.0216. The van der Waals surface area contributed by atoms with Gasteiger partial charge in [0.15, 0.2) is 0 Å². The molecule has 3 aliphatic carbocycles. The number of aliphatic carboxylic acids is 1. The summed E-state index contributed by atoms with van der Waals surface area (Å²) in [5, 5.41) is 21.2. The zero-order chi connectivity index (χ0) is 14.8. The first-order valence-electron chi connectivity index (χ1n) is 7.13. The molecule has 1 amide bonds. The van der Waals surface area contributed by atoms with E-state index in [1.165, 1.54) is 7.11 Å². The van der Waals surface area contributed by atoms with Crippen LogP contribution in [-0.4, -0.2) is 48.5 Å². The minimum Gasteiger partial charge on any atom is -0.481 e. The third kappa shape index (κ3) is 2.54. The van der Waals surface area contributed by atoms with Gasteiger partial charge < -0.3 is 20.3 Å². The van der Waals surface area contributed by atoms with Gasteiger partial charge in [-0.2, -0.15) is 0 Å². The van der Waals surface area contributed by atoms with Gasteiger partial charge >= 0.3 is 5.97 Å². The Hall–Kier alpha value is -1.14. The number of rotatable bonds is 6. The Morgan fingerprint density at radius 3 is 2.05 bits per heavy atom. The van der Waals surface area contributed by atoms with Gasteiger partial charge in [-0.05, 0) is 38.5 Å². The fourth-order valence-electron chi connectivity index (χ4n) is 3.46. The van der Waals surface area contributed by atoms with Gasteiger partial charge in [0.05, 0.1) is 18.1 Å². The number of aliphatic hydroxyl groups excluding tert-OH is 1. The number of amides is 1. The summed E-state index contributed by atoms with van der Waals surface area (Å²) in [6, 6.07) is 0. The van der Waals surface area contributed by atoms with Crippen molar-refractivity contribution in [1.29, 1.82) is 0 Å². The van der Waals surface area contributed by atoms with Crippen molar-refractivity contribution < 1.29 is 24.5 Å². The lowest BCUT2D eigenvalue weighted by molar-refractivity contribution is -0.163. The lowest BCUT2D eigenvalue weighted by atomic mass is 9.53. The van der Waals surface area contributed by atoms with Gasteiger partial charge in [-0.15, -0.1) is 0 Å². The Labute approximate surface area is 118 Å². The highest BCUT2D eigenvalue weighted by Crippen LogP contribution is 2.57. The fourth-order valence-corrected chi connectivity index (χ4v) is 3.46. The molecule has 0 aliphatic heterocycles. The smallest absolute Gasteiger partial charge is 0.309 e. The number of carboxylic acid groups (broad SMARTS) is 1. The third-order valence-corrected chi connectivity index (χ3v) is 5.21. The summed E-state index contributed by atoms with van der Waals surface area (Å²) in [4.78, 5) is 23.7. The molecule has 0 radical (unpaired) electrons. The number of carbonyl (C=O) groups excluding carboxylic acids is 1. The average molecular weight is 285 g/mol. The van der Waals surface area contributed by atoms with E-state index in [1.807, 2.05) is 0 Å². The number of fused-ring (bicyclic) bond motifs is 3. The maximum absolute atomic E-state index is 12.4. The van der Waals surface area contributed by atoms with Crippen molar-refractivity contribution in [3.05, 3.63) is 0 Å². The van der Waals surface area contributed by atoms with Crippen LogP contribution in [0.4, 0.5) is 0 Å². The highest BCUT2D eigenvalue weighted by atomic mass is 16.5. The molecule has 3 fully saturated rings. The van der Waals surface area contributed by atoms with E-state index in [4.69, 9.17) is 9.84 Å². The SMILES string of the molecule is COC(CO)CNC(=O)C12CCC(C(=O)O)(CC1)CC2. The first kappa shape index (κ1) is 15.3. The number of hydrogen-bond acceptors (Lipinski definition) is 4. The largest absolute Gasteiger partial charge is 0.481 e. The van der Waals surface area contributed by atoms with Gasteiger partial charge in [0.2, 0.25) is 5.91 Å². The van der Waals surface area contributed by atoms with E-state index < -0.39 is 16.8 Å². The highest BCUT2D eigenvalue weighted by Gasteiger charge is 2.55. The molecule has 6 heteroatoms. The second kappa shape index (κ2) is 5.69. The summed E-state index contributed by atoms with van der Waals surface area (Å²) < 4.78 is 5.02. The molecule has 0 aromatic rings. The second-order valence-corrected chi connectivity index (χ2v) is 6.12. The topological polar surface area (TPSA) is 95.9 Å². The number of ether oxygens (including phenoxy) is 1. The van der Waals surface area contributed by atoms with Crippen LogP contribution in [0.25, 0.3) is 0 Å². The summed E-state index contributed by atoms with van der Waals surface area (Å²) in [6.07, 6.45) is 3.29. The molecule has 0 aromatic carbocycles. The van der Waals surface area contributed by atoms with Crippen LogP contribution in [0.2, 0.25) is 0 Å². The molecule has 2 bridgehead atoms. The van der Waals surface area contributed by atoms with E-state index in [-0.39, 0.29) is 25.2 Å². The van der Waals surface area contributed by atoms with Gasteiger partial charge in [-0.3, -0.25) is 9.59 Å². The lowest BCUT2D eigenvalue weighted by Gasteiger charge is -2.50. The number of carboxylic acids is 1. The monoisotopic (exact) mass is 285 g/mol. The Morgan fingerprint density at radius 1 is 1.15 bits per heavy atom. The number of aliphatic hydroxyl groups is 1. The second-order valence-electron chi connectivity index (χ2n) is 6.12. The van der Waals surface area contributed by atoms with Crippen LogP contribution in [0.15, 0.2) is 0 Å². The quantitative estimate of drug-likeness (QED) is 0.662. The molecule has 114 valence electrons. The standard InChI is InChI=1S/C14H23NO5/c1-20-10(9-16)8-15-11(17)13-2-5-14(6-3-13,7-4-13)12(18)19/h10,16H,2-9H2,1H3,(H,15,17)(H,18,19). The van der Waals surface area contributed by atoms with E-state index in [1.54, 1.807) is 0 Å². The molecule has 3 saturated carbocycles. The minimum atomic E-state index is -0.717. The Morgan fingerprint density at radius 2 is 1.65 bits per heavy atom. The van der Waals surface area contributed by atoms with Crippen LogP contribution < -0.4 is 5.32 Å². The van der Waals surface area contributed by atoms with E-state index >= 15 is 0 Å². The Kier molecular flexibility index (Phi) is 4.34. The molecular weight excluding hydrogens is 262 g/mol. The zero-order valence-corrected chi connectivity index (χ0v) is 11.9. The zero-order valence-electron chi connectivity index (χ0n) is 11.9. The first-order chi connectivity index (χ1) is 9.48. The van der Waals surface area contributed by atoms with Gasteiger partial charge in [-0.25, -0.2) is 0 Å². The van der Waals surface area contributed by atoms with E-state index in [2.05, 4.69) is 5.32 Å². The van der Waals surface area contributed by atoms with Crippen LogP contribution in [0.3, 0.4) is 0 Å². The van der Waals surface area contributed by atoms with Crippen molar-refractivity contribution in [2.75, 3.05) is 20.3 Å². The van der Waals surface area contributed by atoms with Crippen LogP contribution in [0.5, 0.6) is 0 Å². The summed E-state index contributed by atoms with van der Waals surface area (Å²) in [5.74, 6) is -0.738. The molecule has 20 heavy (non-hydrogen) atoms. The third-order valence-electron chi connectivity index (χ3n) is 5.21. The van der Waals surface area contributed by atoms with Crippen molar-refractivity contribution in [2.45, 2.75) is 44.6 Å². The van der Waals surface area contributed by atoms with E-state index in [0.29, 0.717) is 38.5 Å². The molecule has 3 aliphatic rings. The van der Waals surface area contributed by atoms with Gasteiger partial charge in [-0.1, -0.05) is 0 Å². The van der Waals surface area contributed by atoms with Crippen molar-refractivity contribution in [1.82, 2.24) is 5.32 Å². The molecule has 3 N–H and O–H groups in total. The molecule has 0 aromatic heterocycles. The van der Waals surface area contributed by atoms with Crippen molar-refractivity contribution in [2.24, 2.45) is 10.8 Å². The van der Waals surface area contributed by atoms with Crippen LogP contribution in [0.1, 0.15) is 38.5 Å². The highest BCUT2D eigenvalue weighted by molar-refractivity contribution is 5.84. The van der Waals surface area contributed by atoms with Crippen molar-refractivity contribution >= 4 is 11.9 Å².